The molecule has 0 radical (unpaired) electrons. The van der Waals surface area contributed by atoms with Gasteiger partial charge in [0.15, 0.2) is 5.78 Å². The van der Waals surface area contributed by atoms with Gasteiger partial charge in [-0.1, -0.05) is 35.2 Å². The van der Waals surface area contributed by atoms with Gasteiger partial charge in [-0.2, -0.15) is 0 Å². The van der Waals surface area contributed by atoms with E-state index in [9.17, 15) is 14.4 Å². The zero-order valence-corrected chi connectivity index (χ0v) is 13.2. The Hall–Kier alpha value is -1.49. The van der Waals surface area contributed by atoms with E-state index in [4.69, 9.17) is 0 Å². The summed E-state index contributed by atoms with van der Waals surface area (Å²) >= 11 is 3.34. The summed E-state index contributed by atoms with van der Waals surface area (Å²) in [5.74, 6) is -0.997. The first kappa shape index (κ1) is 14.4. The molecule has 0 spiro atoms. The molecule has 21 heavy (non-hydrogen) atoms. The van der Waals surface area contributed by atoms with Crippen LogP contribution < -0.4 is 4.90 Å². The van der Waals surface area contributed by atoms with Gasteiger partial charge in [-0.05, 0) is 31.0 Å². The van der Waals surface area contributed by atoms with Crippen molar-refractivity contribution >= 4 is 39.1 Å². The zero-order valence-electron chi connectivity index (χ0n) is 11.6. The predicted molar refractivity (Wildman–Crippen MR) is 82.4 cm³/mol. The maximum Gasteiger partial charge on any atom is 0.299 e. The maximum absolute atomic E-state index is 12.4. The van der Waals surface area contributed by atoms with Gasteiger partial charge in [-0.3, -0.25) is 19.3 Å². The summed E-state index contributed by atoms with van der Waals surface area (Å²) in [7, 11) is 0. The lowest BCUT2D eigenvalue weighted by molar-refractivity contribution is -0.124. The van der Waals surface area contributed by atoms with Crippen molar-refractivity contribution in [2.75, 3.05) is 11.4 Å². The lowest BCUT2D eigenvalue weighted by Gasteiger charge is -2.23. The average molecular weight is 350 g/mol. The van der Waals surface area contributed by atoms with E-state index in [-0.39, 0.29) is 18.2 Å². The molecule has 1 fully saturated rings. The Kier molecular flexibility index (Phi) is 3.93. The van der Waals surface area contributed by atoms with E-state index >= 15 is 0 Å². The molecule has 1 aromatic rings. The van der Waals surface area contributed by atoms with Crippen LogP contribution in [0.4, 0.5) is 5.69 Å². The molecule has 1 amide bonds. The van der Waals surface area contributed by atoms with Gasteiger partial charge in [0.1, 0.15) is 0 Å². The fourth-order valence-corrected chi connectivity index (χ4v) is 3.48. The van der Waals surface area contributed by atoms with Crippen molar-refractivity contribution in [1.29, 1.82) is 0 Å². The monoisotopic (exact) mass is 349 g/mol. The van der Waals surface area contributed by atoms with E-state index in [2.05, 4.69) is 15.9 Å². The van der Waals surface area contributed by atoms with Crippen molar-refractivity contribution in [2.24, 2.45) is 5.92 Å². The average Bonchev–Trinajstić information content (AvgIpc) is 2.73. The second-order valence-corrected chi connectivity index (χ2v) is 6.60. The molecule has 3 rings (SSSR count). The summed E-state index contributed by atoms with van der Waals surface area (Å²) in [5.41, 5.74) is 0.933. The Bertz CT molecular complexity index is 620. The van der Waals surface area contributed by atoms with Crippen molar-refractivity contribution in [2.45, 2.75) is 32.1 Å². The van der Waals surface area contributed by atoms with Crippen molar-refractivity contribution in [3.63, 3.8) is 0 Å². The number of anilines is 1. The van der Waals surface area contributed by atoms with E-state index in [1.54, 1.807) is 18.2 Å². The van der Waals surface area contributed by atoms with E-state index in [0.29, 0.717) is 11.3 Å². The van der Waals surface area contributed by atoms with Gasteiger partial charge in [0.05, 0.1) is 17.8 Å². The van der Waals surface area contributed by atoms with Crippen LogP contribution >= 0.6 is 15.9 Å². The summed E-state index contributed by atoms with van der Waals surface area (Å²) in [5, 5.41) is 0. The molecule has 0 N–H and O–H groups in total. The Morgan fingerprint density at radius 1 is 1.19 bits per heavy atom. The molecule has 0 atom stereocenters. The number of nitrogens with zero attached hydrogens (tertiary/aromatic N) is 1. The number of fused-ring (bicyclic) bond motifs is 1. The number of carbonyl (C=O) groups is 3. The number of ketones is 2. The standard InChI is InChI=1S/C16H16BrNO3/c17-11-6-7-12-13(8-11)18(16(21)15(12)20)9-14(19)10-4-2-1-3-5-10/h6-8,10H,1-5,9H2. The molecule has 1 heterocycles. The van der Waals surface area contributed by atoms with Crippen LogP contribution in [0.1, 0.15) is 42.5 Å². The number of benzene rings is 1. The Morgan fingerprint density at radius 3 is 2.62 bits per heavy atom. The van der Waals surface area contributed by atoms with E-state index < -0.39 is 11.7 Å². The smallest absolute Gasteiger partial charge is 0.297 e. The summed E-state index contributed by atoms with van der Waals surface area (Å²) in [6.45, 7) is 0.0126. The van der Waals surface area contributed by atoms with Crippen molar-refractivity contribution in [1.82, 2.24) is 0 Å². The van der Waals surface area contributed by atoms with Gasteiger partial charge in [0, 0.05) is 10.4 Å². The highest BCUT2D eigenvalue weighted by Gasteiger charge is 2.37. The number of hydrogen-bond acceptors (Lipinski definition) is 3. The normalized spacial score (nSPS) is 19.0. The minimum atomic E-state index is -0.591. The van der Waals surface area contributed by atoms with Crippen molar-refractivity contribution in [3.8, 4) is 0 Å². The van der Waals surface area contributed by atoms with Crippen molar-refractivity contribution in [3.05, 3.63) is 28.2 Å². The number of amides is 1. The summed E-state index contributed by atoms with van der Waals surface area (Å²) < 4.78 is 0.791. The number of carbonyl (C=O) groups excluding carboxylic acids is 3. The largest absolute Gasteiger partial charge is 0.299 e. The molecular formula is C16H16BrNO3. The number of rotatable bonds is 3. The van der Waals surface area contributed by atoms with Gasteiger partial charge < -0.3 is 0 Å². The number of hydrogen-bond donors (Lipinski definition) is 0. The molecule has 110 valence electrons. The first-order chi connectivity index (χ1) is 10.1. The van der Waals surface area contributed by atoms with Gasteiger partial charge >= 0.3 is 0 Å². The quantitative estimate of drug-likeness (QED) is 0.787. The summed E-state index contributed by atoms with van der Waals surface area (Å²) in [6, 6.07) is 5.09. The van der Waals surface area contributed by atoms with Crippen LogP contribution in [0.3, 0.4) is 0 Å². The highest BCUT2D eigenvalue weighted by molar-refractivity contribution is 9.10. The molecule has 2 aliphatic rings. The van der Waals surface area contributed by atoms with Gasteiger partial charge in [0.25, 0.3) is 11.7 Å². The van der Waals surface area contributed by atoms with Gasteiger partial charge in [-0.25, -0.2) is 0 Å². The van der Waals surface area contributed by atoms with Crippen LogP contribution in [0.5, 0.6) is 0 Å². The predicted octanol–water partition coefficient (Wildman–Crippen LogP) is 3.13. The molecule has 1 aromatic carbocycles. The molecule has 0 saturated heterocycles. The summed E-state index contributed by atoms with van der Waals surface area (Å²) in [6.07, 6.45) is 5.14. The minimum Gasteiger partial charge on any atom is -0.297 e. The SMILES string of the molecule is O=C1C(=O)N(CC(=O)C2CCCCC2)c2cc(Br)ccc21. The topological polar surface area (TPSA) is 54.5 Å². The van der Waals surface area contributed by atoms with Crippen LogP contribution in [0, 0.1) is 5.92 Å². The van der Waals surface area contributed by atoms with Crippen LogP contribution in [0.2, 0.25) is 0 Å². The first-order valence-corrected chi connectivity index (χ1v) is 8.05. The van der Waals surface area contributed by atoms with E-state index in [1.807, 2.05) is 0 Å². The minimum absolute atomic E-state index is 0.0126. The fourth-order valence-electron chi connectivity index (χ4n) is 3.13. The number of Topliss-reactive ketones (excluding diaryl/α,β-unsaturated/α-hetero) is 2. The molecule has 0 unspecified atom stereocenters. The molecule has 1 aliphatic carbocycles. The van der Waals surface area contributed by atoms with Gasteiger partial charge in [-0.15, -0.1) is 0 Å². The highest BCUT2D eigenvalue weighted by atomic mass is 79.9. The Labute approximate surface area is 131 Å². The third-order valence-electron chi connectivity index (χ3n) is 4.31. The summed E-state index contributed by atoms with van der Waals surface area (Å²) in [4.78, 5) is 37.8. The third kappa shape index (κ3) is 2.67. The molecule has 1 saturated carbocycles. The zero-order chi connectivity index (χ0) is 15.0. The number of halogens is 1. The Morgan fingerprint density at radius 2 is 1.90 bits per heavy atom. The molecule has 0 bridgehead atoms. The fraction of sp³-hybridized carbons (Fsp3) is 0.438. The molecular weight excluding hydrogens is 334 g/mol. The molecule has 0 aromatic heterocycles. The maximum atomic E-state index is 12.4. The highest BCUT2D eigenvalue weighted by Crippen LogP contribution is 2.32. The van der Waals surface area contributed by atoms with Gasteiger partial charge in [0.2, 0.25) is 0 Å². The molecule has 1 aliphatic heterocycles. The van der Waals surface area contributed by atoms with E-state index in [1.165, 1.54) is 11.3 Å². The lowest BCUT2D eigenvalue weighted by atomic mass is 9.86. The second-order valence-electron chi connectivity index (χ2n) is 5.68. The Balaban J connectivity index is 1.82. The molecule has 5 heteroatoms. The second kappa shape index (κ2) is 5.72. The van der Waals surface area contributed by atoms with Crippen LogP contribution in [-0.2, 0) is 9.59 Å². The first-order valence-electron chi connectivity index (χ1n) is 7.26. The van der Waals surface area contributed by atoms with Crippen LogP contribution in [0.25, 0.3) is 0 Å². The van der Waals surface area contributed by atoms with Crippen LogP contribution in [-0.4, -0.2) is 24.0 Å². The van der Waals surface area contributed by atoms with Crippen LogP contribution in [0.15, 0.2) is 22.7 Å². The van der Waals surface area contributed by atoms with E-state index in [0.717, 1.165) is 30.2 Å². The molecule has 4 nitrogen and oxygen atoms in total. The third-order valence-corrected chi connectivity index (χ3v) is 4.80. The lowest BCUT2D eigenvalue weighted by Crippen LogP contribution is -2.37. The van der Waals surface area contributed by atoms with Crippen molar-refractivity contribution < 1.29 is 14.4 Å².